The Morgan fingerprint density at radius 3 is 1.65 bits per heavy atom. The van der Waals surface area contributed by atoms with Gasteiger partial charge >= 0.3 is 0 Å². The van der Waals surface area contributed by atoms with E-state index in [0.29, 0.717) is 11.5 Å². The maximum Gasteiger partial charge on any atom is 0.169 e. The first-order chi connectivity index (χ1) is 16.2. The average Bonchev–Trinajstić information content (AvgIpc) is 2.82. The third-order valence-electron chi connectivity index (χ3n) is 6.47. The van der Waals surface area contributed by atoms with Gasteiger partial charge in [-0.25, -0.2) is 0 Å². The van der Waals surface area contributed by atoms with Gasteiger partial charge < -0.3 is 25.0 Å². The second kappa shape index (κ2) is 9.02. The molecule has 0 atom stereocenters. The summed E-state index contributed by atoms with van der Waals surface area (Å²) in [4.78, 5) is 2.06. The van der Waals surface area contributed by atoms with Crippen LogP contribution in [0.25, 0.3) is 0 Å². The van der Waals surface area contributed by atoms with Gasteiger partial charge in [0.1, 0.15) is 11.5 Å². The molecule has 0 amide bonds. The third-order valence-corrected chi connectivity index (χ3v) is 6.47. The summed E-state index contributed by atoms with van der Waals surface area (Å²) in [5, 5.41) is 31.1. The normalized spacial score (nSPS) is 10.9. The number of rotatable bonds is 5. The molecule has 0 radical (unpaired) electrons. The largest absolute Gasteiger partial charge is 0.508 e. The summed E-state index contributed by atoms with van der Waals surface area (Å²) in [6, 6.07) is 20.1. The van der Waals surface area contributed by atoms with Crippen LogP contribution >= 0.6 is 0 Å². The Hall–Kier alpha value is -4.12. The number of ether oxygens (including phenoxy) is 1. The fourth-order valence-electron chi connectivity index (χ4n) is 4.02. The molecule has 0 bridgehead atoms. The smallest absolute Gasteiger partial charge is 0.169 e. The van der Waals surface area contributed by atoms with Crippen LogP contribution in [0.4, 0.5) is 17.1 Å². The summed E-state index contributed by atoms with van der Waals surface area (Å²) in [7, 11) is 0. The van der Waals surface area contributed by atoms with E-state index in [1.54, 1.807) is 18.2 Å². The molecule has 0 aliphatic heterocycles. The number of hydrogen-bond donors (Lipinski definition) is 3. The maximum atomic E-state index is 10.6. The molecule has 0 fully saturated rings. The Balaban J connectivity index is 1.97. The van der Waals surface area contributed by atoms with Crippen molar-refractivity contribution in [3.8, 4) is 28.7 Å². The van der Waals surface area contributed by atoms with Gasteiger partial charge in [-0.3, -0.25) is 0 Å². The molecule has 4 rings (SSSR count). The molecule has 4 aromatic rings. The molecule has 34 heavy (non-hydrogen) atoms. The number of nitrogens with zero attached hydrogens (tertiary/aromatic N) is 1. The number of aromatic hydroxyl groups is 3. The van der Waals surface area contributed by atoms with E-state index in [1.165, 1.54) is 0 Å². The first-order valence-corrected chi connectivity index (χ1v) is 11.1. The van der Waals surface area contributed by atoms with E-state index in [4.69, 9.17) is 4.74 Å². The minimum absolute atomic E-state index is 0.0946. The van der Waals surface area contributed by atoms with Gasteiger partial charge in [0, 0.05) is 11.4 Å². The van der Waals surface area contributed by atoms with Crippen molar-refractivity contribution >= 4 is 17.1 Å². The number of anilines is 3. The predicted octanol–water partition coefficient (Wildman–Crippen LogP) is 7.61. The average molecular weight is 456 g/mol. The van der Waals surface area contributed by atoms with Crippen LogP contribution < -0.4 is 9.64 Å². The Morgan fingerprint density at radius 1 is 0.529 bits per heavy atom. The lowest BCUT2D eigenvalue weighted by Crippen LogP contribution is -2.14. The first kappa shape index (κ1) is 23.1. The Morgan fingerprint density at radius 2 is 1.06 bits per heavy atom. The predicted molar refractivity (Wildman–Crippen MR) is 136 cm³/mol. The molecule has 0 aromatic heterocycles. The third kappa shape index (κ3) is 4.01. The topological polar surface area (TPSA) is 73.2 Å². The van der Waals surface area contributed by atoms with E-state index in [2.05, 4.69) is 4.90 Å². The summed E-state index contributed by atoms with van der Waals surface area (Å²) < 4.78 is 6.24. The highest BCUT2D eigenvalue weighted by atomic mass is 16.5. The molecule has 0 spiro atoms. The summed E-state index contributed by atoms with van der Waals surface area (Å²) in [6.07, 6.45) is 0. The number of hydrogen-bond acceptors (Lipinski definition) is 5. The van der Waals surface area contributed by atoms with E-state index in [0.717, 1.165) is 44.9 Å². The highest BCUT2D eigenvalue weighted by Crippen LogP contribution is 2.47. The van der Waals surface area contributed by atoms with Crippen LogP contribution in [-0.2, 0) is 0 Å². The van der Waals surface area contributed by atoms with Gasteiger partial charge in [0.05, 0.1) is 5.69 Å². The van der Waals surface area contributed by atoms with Crippen molar-refractivity contribution in [3.63, 3.8) is 0 Å². The van der Waals surface area contributed by atoms with Gasteiger partial charge in [0.25, 0.3) is 0 Å². The first-order valence-electron chi connectivity index (χ1n) is 11.1. The van der Waals surface area contributed by atoms with Crippen molar-refractivity contribution in [3.05, 3.63) is 94.5 Å². The van der Waals surface area contributed by atoms with Crippen molar-refractivity contribution in [1.82, 2.24) is 0 Å². The lowest BCUT2D eigenvalue weighted by molar-refractivity contribution is 0.409. The van der Waals surface area contributed by atoms with Gasteiger partial charge in [0.15, 0.2) is 17.2 Å². The van der Waals surface area contributed by atoms with E-state index in [1.807, 2.05) is 83.1 Å². The van der Waals surface area contributed by atoms with Crippen LogP contribution in [0.2, 0.25) is 0 Å². The summed E-state index contributed by atoms with van der Waals surface area (Å²) in [5.41, 5.74) is 6.61. The Labute approximate surface area is 200 Å². The summed E-state index contributed by atoms with van der Waals surface area (Å²) in [5.74, 6) is 1.48. The van der Waals surface area contributed by atoms with Crippen LogP contribution in [0.15, 0.2) is 66.7 Å². The minimum atomic E-state index is 0.0946. The van der Waals surface area contributed by atoms with Crippen LogP contribution in [-0.4, -0.2) is 15.3 Å². The van der Waals surface area contributed by atoms with E-state index < -0.39 is 0 Å². The quantitative estimate of drug-likeness (QED) is 0.289. The van der Waals surface area contributed by atoms with Gasteiger partial charge in [-0.1, -0.05) is 24.3 Å². The van der Waals surface area contributed by atoms with Crippen LogP contribution in [0.5, 0.6) is 28.7 Å². The van der Waals surface area contributed by atoms with Gasteiger partial charge in [-0.2, -0.15) is 0 Å². The number of aryl methyl sites for hydroxylation is 1. The molecule has 0 aliphatic carbocycles. The lowest BCUT2D eigenvalue weighted by atomic mass is 10.0. The van der Waals surface area contributed by atoms with Crippen LogP contribution in [0.1, 0.15) is 27.8 Å². The zero-order chi connectivity index (χ0) is 24.6. The molecule has 0 heterocycles. The minimum Gasteiger partial charge on any atom is -0.508 e. The molecule has 174 valence electrons. The summed E-state index contributed by atoms with van der Waals surface area (Å²) in [6.45, 7) is 9.53. The zero-order valence-corrected chi connectivity index (χ0v) is 20.0. The van der Waals surface area contributed by atoms with Crippen molar-refractivity contribution < 1.29 is 20.1 Å². The highest BCUT2D eigenvalue weighted by molar-refractivity contribution is 5.85. The van der Waals surface area contributed by atoms with Crippen molar-refractivity contribution in [1.29, 1.82) is 0 Å². The summed E-state index contributed by atoms with van der Waals surface area (Å²) >= 11 is 0. The SMILES string of the molecule is Cc1cccc(Oc2ccccc2N(c2ccc(O)c(C)c2C)c2ccc(O)c(C)c2C)c1O. The molecular formula is C29H29NO4. The van der Waals surface area contributed by atoms with Crippen LogP contribution in [0.3, 0.4) is 0 Å². The maximum absolute atomic E-state index is 10.6. The fourth-order valence-corrected chi connectivity index (χ4v) is 4.02. The second-order valence-corrected chi connectivity index (χ2v) is 8.53. The van der Waals surface area contributed by atoms with Gasteiger partial charge in [-0.15, -0.1) is 0 Å². The second-order valence-electron chi connectivity index (χ2n) is 8.53. The number of benzene rings is 4. The fraction of sp³-hybridized carbons (Fsp3) is 0.172. The van der Waals surface area contributed by atoms with E-state index in [9.17, 15) is 15.3 Å². The monoisotopic (exact) mass is 455 g/mol. The molecule has 0 saturated heterocycles. The van der Waals surface area contributed by atoms with Crippen molar-refractivity contribution in [2.75, 3.05) is 4.90 Å². The molecule has 4 aromatic carbocycles. The highest BCUT2D eigenvalue weighted by Gasteiger charge is 2.23. The van der Waals surface area contributed by atoms with E-state index in [-0.39, 0.29) is 17.2 Å². The lowest BCUT2D eigenvalue weighted by Gasteiger charge is -2.31. The molecule has 0 saturated carbocycles. The molecule has 5 heteroatoms. The molecule has 0 aliphatic rings. The molecule has 5 nitrogen and oxygen atoms in total. The number of phenolic OH excluding ortho intramolecular Hbond substituents is 3. The van der Waals surface area contributed by atoms with Crippen molar-refractivity contribution in [2.45, 2.75) is 34.6 Å². The molecule has 0 unspecified atom stereocenters. The van der Waals surface area contributed by atoms with Gasteiger partial charge in [-0.05, 0) is 105 Å². The van der Waals surface area contributed by atoms with Crippen molar-refractivity contribution in [2.24, 2.45) is 0 Å². The molecular weight excluding hydrogens is 426 g/mol. The van der Waals surface area contributed by atoms with Crippen LogP contribution in [0, 0.1) is 34.6 Å². The zero-order valence-electron chi connectivity index (χ0n) is 20.0. The Bertz CT molecular complexity index is 1320. The van der Waals surface area contributed by atoms with Gasteiger partial charge in [0.2, 0.25) is 0 Å². The van der Waals surface area contributed by atoms with E-state index >= 15 is 0 Å². The number of para-hydroxylation sites is 3. The Kier molecular flexibility index (Phi) is 6.12. The number of phenols is 3. The molecule has 3 N–H and O–H groups in total. The standard InChI is InChI=1S/C29H29NO4/c1-17-9-8-12-28(29(17)33)34-27-11-7-6-10-24(27)30(22-13-15-25(31)20(4)18(22)2)23-14-16-26(32)21(5)19(23)3/h6-16,31-33H,1-5H3.